The normalized spacial score (nSPS) is 12.2. The molecule has 2 N–H and O–H groups in total. The number of fused-ring (bicyclic) bond motifs is 2. The Morgan fingerprint density at radius 1 is 0.586 bits per heavy atom. The van der Waals surface area contributed by atoms with Crippen molar-refractivity contribution in [3.8, 4) is 0 Å². The summed E-state index contributed by atoms with van der Waals surface area (Å²) in [6, 6.07) is 14.4. The van der Waals surface area contributed by atoms with E-state index in [1.807, 2.05) is 0 Å². The Morgan fingerprint density at radius 2 is 0.983 bits per heavy atom. The zero-order chi connectivity index (χ0) is 41.1. The van der Waals surface area contributed by atoms with Crippen molar-refractivity contribution in [3.63, 3.8) is 0 Å². The van der Waals surface area contributed by atoms with Gasteiger partial charge in [-0.15, -0.1) is 22.7 Å². The maximum atomic E-state index is 14.2. The molecular weight excluding hydrogens is 795 g/mol. The average molecular weight is 826 g/mol. The van der Waals surface area contributed by atoms with E-state index in [0.29, 0.717) is 34.5 Å². The fraction of sp³-hybridized carbons (Fsp3) is 0.146. The fourth-order valence-electron chi connectivity index (χ4n) is 6.33. The lowest BCUT2D eigenvalue weighted by Gasteiger charge is -2.25. The van der Waals surface area contributed by atoms with Crippen molar-refractivity contribution in [2.24, 2.45) is 0 Å². The first-order valence-electron chi connectivity index (χ1n) is 17.5. The van der Waals surface area contributed by atoms with Crippen molar-refractivity contribution in [2.75, 3.05) is 23.9 Å². The van der Waals surface area contributed by atoms with E-state index in [1.165, 1.54) is 52.6 Å². The van der Waals surface area contributed by atoms with Crippen LogP contribution in [0.15, 0.2) is 102 Å². The zero-order valence-electron chi connectivity index (χ0n) is 30.6. The largest absolute Gasteiger partial charge is 0.340 e. The Morgan fingerprint density at radius 3 is 1.38 bits per heavy atom. The van der Waals surface area contributed by atoms with Crippen LogP contribution in [-0.2, 0) is 22.4 Å². The SMILES string of the molecule is CN(C(=O)[C@H](Cc1cc(F)cc(F)c1)NC(=O)c1cncc(C(=O)N[C@@H](Cc2cc(F)cc(F)c2)C(=O)N(C)c2ccc3scnc3c2)c1)c1ccc2scnc2c1. The number of rotatable bonds is 12. The van der Waals surface area contributed by atoms with Crippen LogP contribution in [0.3, 0.4) is 0 Å². The molecule has 0 spiro atoms. The molecule has 4 amide bonds. The van der Waals surface area contributed by atoms with E-state index >= 15 is 0 Å². The fourth-order valence-corrected chi connectivity index (χ4v) is 7.65. The van der Waals surface area contributed by atoms with Crippen molar-refractivity contribution in [3.05, 3.63) is 148 Å². The maximum absolute atomic E-state index is 14.2. The predicted octanol–water partition coefficient (Wildman–Crippen LogP) is 6.87. The molecule has 0 bridgehead atoms. The molecule has 0 unspecified atom stereocenters. The second-order valence-electron chi connectivity index (χ2n) is 13.3. The molecule has 7 rings (SSSR count). The quantitative estimate of drug-likeness (QED) is 0.129. The van der Waals surface area contributed by atoms with Crippen LogP contribution >= 0.6 is 22.7 Å². The molecule has 17 heteroatoms. The third-order valence-corrected chi connectivity index (χ3v) is 10.9. The van der Waals surface area contributed by atoms with Gasteiger partial charge in [0.2, 0.25) is 11.8 Å². The van der Waals surface area contributed by atoms with Crippen molar-refractivity contribution >= 4 is 78.1 Å². The number of hydrogen-bond acceptors (Lipinski definition) is 9. The number of benzene rings is 4. The molecule has 11 nitrogen and oxygen atoms in total. The van der Waals surface area contributed by atoms with E-state index in [2.05, 4.69) is 25.6 Å². The molecule has 294 valence electrons. The lowest BCUT2D eigenvalue weighted by Crippen LogP contribution is -2.49. The van der Waals surface area contributed by atoms with Gasteiger partial charge in [-0.1, -0.05) is 0 Å². The minimum Gasteiger partial charge on any atom is -0.340 e. The van der Waals surface area contributed by atoms with Crippen molar-refractivity contribution < 1.29 is 36.7 Å². The van der Waals surface area contributed by atoms with Crippen molar-refractivity contribution in [2.45, 2.75) is 24.9 Å². The van der Waals surface area contributed by atoms with Gasteiger partial charge >= 0.3 is 0 Å². The minimum absolute atomic E-state index is 0.0936. The van der Waals surface area contributed by atoms with Gasteiger partial charge in [0.05, 0.1) is 42.6 Å². The molecule has 0 aliphatic heterocycles. The number of amides is 4. The number of thiazole rings is 2. The molecule has 3 aromatic heterocycles. The molecule has 2 atom stereocenters. The van der Waals surface area contributed by atoms with Crippen molar-refractivity contribution in [1.29, 1.82) is 0 Å². The number of halogens is 4. The number of likely N-dealkylation sites (N-methyl/N-ethyl adjacent to an activating group) is 2. The van der Waals surface area contributed by atoms with Gasteiger partial charge in [0.1, 0.15) is 35.4 Å². The molecule has 0 aliphatic carbocycles. The lowest BCUT2D eigenvalue weighted by atomic mass is 10.0. The topological polar surface area (TPSA) is 137 Å². The van der Waals surface area contributed by atoms with E-state index in [4.69, 9.17) is 0 Å². The van der Waals surface area contributed by atoms with Gasteiger partial charge in [-0.2, -0.15) is 0 Å². The summed E-state index contributed by atoms with van der Waals surface area (Å²) in [7, 11) is 2.97. The molecule has 7 aromatic rings. The highest BCUT2D eigenvalue weighted by Gasteiger charge is 2.29. The molecule has 0 fully saturated rings. The van der Waals surface area contributed by atoms with Crippen LogP contribution in [0.25, 0.3) is 20.4 Å². The first kappa shape index (κ1) is 39.6. The number of aromatic nitrogens is 3. The molecule has 0 aliphatic rings. The number of pyridine rings is 1. The van der Waals surface area contributed by atoms with Crippen LogP contribution in [0.4, 0.5) is 28.9 Å². The Balaban J connectivity index is 1.13. The predicted molar refractivity (Wildman–Crippen MR) is 213 cm³/mol. The highest BCUT2D eigenvalue weighted by molar-refractivity contribution is 7.17. The van der Waals surface area contributed by atoms with E-state index in [-0.39, 0.29) is 35.1 Å². The van der Waals surface area contributed by atoms with Crippen LogP contribution in [-0.4, -0.2) is 64.8 Å². The number of nitrogens with one attached hydrogen (secondary N) is 2. The summed E-state index contributed by atoms with van der Waals surface area (Å²) < 4.78 is 58.6. The van der Waals surface area contributed by atoms with E-state index in [9.17, 15) is 36.7 Å². The van der Waals surface area contributed by atoms with Crippen LogP contribution in [0.1, 0.15) is 31.8 Å². The Bertz CT molecular complexity index is 2490. The van der Waals surface area contributed by atoms with Crippen LogP contribution in [0.2, 0.25) is 0 Å². The smallest absolute Gasteiger partial charge is 0.253 e. The zero-order valence-corrected chi connectivity index (χ0v) is 32.2. The van der Waals surface area contributed by atoms with Crippen LogP contribution in [0.5, 0.6) is 0 Å². The monoisotopic (exact) mass is 825 g/mol. The first-order valence-corrected chi connectivity index (χ1v) is 19.3. The summed E-state index contributed by atoms with van der Waals surface area (Å²) in [5, 5.41) is 5.24. The highest BCUT2D eigenvalue weighted by atomic mass is 32.1. The first-order chi connectivity index (χ1) is 27.8. The number of nitrogens with zero attached hydrogens (tertiary/aromatic N) is 5. The highest BCUT2D eigenvalue weighted by Crippen LogP contribution is 2.26. The number of anilines is 2. The van der Waals surface area contributed by atoms with Crippen molar-refractivity contribution in [1.82, 2.24) is 25.6 Å². The molecule has 0 saturated carbocycles. The van der Waals surface area contributed by atoms with Gasteiger partial charge in [0, 0.05) is 62.8 Å². The summed E-state index contributed by atoms with van der Waals surface area (Å²) in [5.41, 5.74) is 5.38. The molecule has 3 heterocycles. The average Bonchev–Trinajstić information content (AvgIpc) is 3.88. The van der Waals surface area contributed by atoms with Gasteiger partial charge in [0.15, 0.2) is 0 Å². The Kier molecular flexibility index (Phi) is 11.5. The third kappa shape index (κ3) is 9.00. The van der Waals surface area contributed by atoms with E-state index in [0.717, 1.165) is 46.1 Å². The molecule has 0 saturated heterocycles. The summed E-state index contributed by atoms with van der Waals surface area (Å²) in [6.07, 6.45) is 1.69. The lowest BCUT2D eigenvalue weighted by molar-refractivity contribution is -0.120. The van der Waals surface area contributed by atoms with Gasteiger partial charge in [-0.05, 0) is 77.9 Å². The standard InChI is InChI=1S/C41H31F4N7O4S2/c1-51(30-3-5-36-32(16-30)47-20-57-36)40(55)34(11-22-7-26(42)14-27(43)8-22)49-38(53)24-13-25(19-46-18-24)39(54)50-35(12-23-9-28(44)15-29(45)10-23)41(56)52(2)31-4-6-37-33(17-31)48-21-58-37/h3-10,13-21,34-35H,11-12H2,1-2H3,(H,49,53)(H,50,54)/t34-,35-/m0/s1. The number of carbonyl (C=O) groups excluding carboxylic acids is 4. The molecule has 4 aromatic carbocycles. The summed E-state index contributed by atoms with van der Waals surface area (Å²) >= 11 is 2.83. The summed E-state index contributed by atoms with van der Waals surface area (Å²) in [5.74, 6) is -6.42. The number of hydrogen-bond donors (Lipinski definition) is 2. The van der Waals surface area contributed by atoms with Crippen LogP contribution in [0, 0.1) is 23.3 Å². The van der Waals surface area contributed by atoms with Gasteiger partial charge < -0.3 is 20.4 Å². The molecule has 0 radical (unpaired) electrons. The van der Waals surface area contributed by atoms with Gasteiger partial charge in [-0.25, -0.2) is 27.5 Å². The third-order valence-electron chi connectivity index (χ3n) is 9.26. The second kappa shape index (κ2) is 16.9. The summed E-state index contributed by atoms with van der Waals surface area (Å²) in [4.78, 5) is 70.6. The van der Waals surface area contributed by atoms with E-state index in [1.54, 1.807) is 47.4 Å². The Labute approximate surface area is 336 Å². The van der Waals surface area contributed by atoms with Gasteiger partial charge in [-0.3, -0.25) is 24.2 Å². The van der Waals surface area contributed by atoms with E-state index < -0.39 is 59.0 Å². The molecular formula is C41H31F4N7O4S2. The Hall–Kier alpha value is -6.59. The summed E-state index contributed by atoms with van der Waals surface area (Å²) in [6.45, 7) is 0. The van der Waals surface area contributed by atoms with Crippen LogP contribution < -0.4 is 20.4 Å². The number of carbonyl (C=O) groups is 4. The van der Waals surface area contributed by atoms with Gasteiger partial charge in [0.25, 0.3) is 11.8 Å². The second-order valence-corrected chi connectivity index (χ2v) is 15.1. The minimum atomic E-state index is -1.35. The maximum Gasteiger partial charge on any atom is 0.253 e. The molecule has 58 heavy (non-hydrogen) atoms.